The fraction of sp³-hybridized carbons (Fsp3) is 0.176. The minimum absolute atomic E-state index is 0.263. The molecule has 0 saturated heterocycles. The van der Waals surface area contributed by atoms with Gasteiger partial charge in [0.15, 0.2) is 0 Å². The molecule has 2 N–H and O–H groups in total. The quantitative estimate of drug-likeness (QED) is 0.856. The molecule has 0 atom stereocenters. The van der Waals surface area contributed by atoms with Gasteiger partial charge < -0.3 is 0 Å². The Morgan fingerprint density at radius 1 is 0.909 bits per heavy atom. The zero-order chi connectivity index (χ0) is 16.2. The minimum atomic E-state index is -0.794. The van der Waals surface area contributed by atoms with Gasteiger partial charge in [0.25, 0.3) is 5.91 Å². The molecule has 2 rings (SSSR count). The van der Waals surface area contributed by atoms with Gasteiger partial charge in [0.05, 0.1) is 5.41 Å². The molecule has 0 spiro atoms. The molecule has 0 fully saturated rings. The first-order valence-electron chi connectivity index (χ1n) is 6.83. The monoisotopic (exact) mass is 300 g/mol. The molecule has 5 heteroatoms. The van der Waals surface area contributed by atoms with E-state index >= 15 is 0 Å². The van der Waals surface area contributed by atoms with Crippen LogP contribution in [-0.4, -0.2) is 11.8 Å². The molecule has 0 aliphatic carbocycles. The highest BCUT2D eigenvalue weighted by molar-refractivity contribution is 5.96. The number of nitrogens with one attached hydrogen (secondary N) is 2. The van der Waals surface area contributed by atoms with Crippen molar-refractivity contribution in [2.45, 2.75) is 19.3 Å². The smallest absolute Gasteiger partial charge is 0.269 e. The Bertz CT molecular complexity index is 667. The third kappa shape index (κ3) is 3.49. The summed E-state index contributed by atoms with van der Waals surface area (Å²) in [5, 5.41) is 0. The fourth-order valence-electron chi connectivity index (χ4n) is 1.93. The van der Waals surface area contributed by atoms with Crippen molar-refractivity contribution in [3.8, 4) is 0 Å². The zero-order valence-corrected chi connectivity index (χ0v) is 12.4. The molecule has 0 aromatic heterocycles. The summed E-state index contributed by atoms with van der Waals surface area (Å²) in [5.41, 5.74) is 5.04. The van der Waals surface area contributed by atoms with Crippen LogP contribution in [0.3, 0.4) is 0 Å². The van der Waals surface area contributed by atoms with Gasteiger partial charge in [-0.3, -0.25) is 20.4 Å². The molecule has 2 amide bonds. The maximum atomic E-state index is 12.8. The Kier molecular flexibility index (Phi) is 4.56. The van der Waals surface area contributed by atoms with Crippen LogP contribution in [0, 0.1) is 5.82 Å². The third-order valence-corrected chi connectivity index (χ3v) is 3.46. The van der Waals surface area contributed by atoms with Crippen molar-refractivity contribution >= 4 is 11.8 Å². The number of carbonyl (C=O) groups excluding carboxylic acids is 2. The van der Waals surface area contributed by atoms with Crippen molar-refractivity contribution in [1.29, 1.82) is 0 Å². The summed E-state index contributed by atoms with van der Waals surface area (Å²) in [6.45, 7) is 3.53. The van der Waals surface area contributed by atoms with Crippen molar-refractivity contribution in [2.24, 2.45) is 0 Å². The van der Waals surface area contributed by atoms with E-state index in [1.165, 1.54) is 24.3 Å². The highest BCUT2D eigenvalue weighted by Crippen LogP contribution is 2.22. The van der Waals surface area contributed by atoms with Crippen LogP contribution in [0.2, 0.25) is 0 Å². The summed E-state index contributed by atoms with van der Waals surface area (Å²) in [4.78, 5) is 24.1. The number of rotatable bonds is 3. The second-order valence-corrected chi connectivity index (χ2v) is 5.41. The Morgan fingerprint density at radius 3 is 2.09 bits per heavy atom. The zero-order valence-electron chi connectivity index (χ0n) is 12.4. The second-order valence-electron chi connectivity index (χ2n) is 5.41. The molecule has 114 valence electrons. The van der Waals surface area contributed by atoms with E-state index in [0.717, 1.165) is 5.56 Å². The lowest BCUT2D eigenvalue weighted by molar-refractivity contribution is -0.126. The molecule has 2 aromatic carbocycles. The minimum Gasteiger partial charge on any atom is -0.272 e. The van der Waals surface area contributed by atoms with Crippen LogP contribution in [0.15, 0.2) is 54.6 Å². The average Bonchev–Trinajstić information content (AvgIpc) is 2.53. The number of amides is 2. The number of hydrazine groups is 1. The van der Waals surface area contributed by atoms with Gasteiger partial charge in [0.2, 0.25) is 5.91 Å². The molecule has 4 nitrogen and oxygen atoms in total. The lowest BCUT2D eigenvalue weighted by atomic mass is 9.84. The van der Waals surface area contributed by atoms with Crippen molar-refractivity contribution in [3.63, 3.8) is 0 Å². The lowest BCUT2D eigenvalue weighted by Crippen LogP contribution is -2.49. The van der Waals surface area contributed by atoms with Crippen LogP contribution in [0.4, 0.5) is 4.39 Å². The maximum absolute atomic E-state index is 12.8. The highest BCUT2D eigenvalue weighted by atomic mass is 19.1. The van der Waals surface area contributed by atoms with E-state index in [0.29, 0.717) is 0 Å². The number of hydrogen-bond donors (Lipinski definition) is 2. The molecule has 0 aliphatic heterocycles. The molecule has 2 aromatic rings. The van der Waals surface area contributed by atoms with Crippen molar-refractivity contribution in [3.05, 3.63) is 71.5 Å². The standard InChI is InChI=1S/C17H17FN2O2/c1-17(2,13-6-4-3-5-7-13)16(22)20-19-15(21)12-8-10-14(18)11-9-12/h3-11H,1-2H3,(H,19,21)(H,20,22). The van der Waals surface area contributed by atoms with Gasteiger partial charge >= 0.3 is 0 Å². The van der Waals surface area contributed by atoms with Crippen LogP contribution in [0.1, 0.15) is 29.8 Å². The van der Waals surface area contributed by atoms with E-state index < -0.39 is 17.1 Å². The molecule has 0 radical (unpaired) electrons. The summed E-state index contributed by atoms with van der Waals surface area (Å²) >= 11 is 0. The molecular formula is C17H17FN2O2. The predicted octanol–water partition coefficient (Wildman–Crippen LogP) is 2.56. The first-order chi connectivity index (χ1) is 10.4. The molecule has 0 aliphatic rings. The van der Waals surface area contributed by atoms with Crippen LogP contribution < -0.4 is 10.9 Å². The Morgan fingerprint density at radius 2 is 1.50 bits per heavy atom. The van der Waals surface area contributed by atoms with E-state index in [9.17, 15) is 14.0 Å². The van der Waals surface area contributed by atoms with E-state index in [1.807, 2.05) is 30.3 Å². The SMILES string of the molecule is CC(C)(C(=O)NNC(=O)c1ccc(F)cc1)c1ccccc1. The number of carbonyl (C=O) groups is 2. The first kappa shape index (κ1) is 15.7. The number of halogens is 1. The summed E-state index contributed by atoms with van der Waals surface area (Å²) in [5.74, 6) is -1.27. The third-order valence-electron chi connectivity index (χ3n) is 3.46. The summed E-state index contributed by atoms with van der Waals surface area (Å²) in [7, 11) is 0. The van der Waals surface area contributed by atoms with E-state index in [1.54, 1.807) is 13.8 Å². The van der Waals surface area contributed by atoms with E-state index in [-0.39, 0.29) is 11.5 Å². The molecule has 0 unspecified atom stereocenters. The summed E-state index contributed by atoms with van der Waals surface area (Å²) < 4.78 is 12.8. The summed E-state index contributed by atoms with van der Waals surface area (Å²) in [6, 6.07) is 14.3. The van der Waals surface area contributed by atoms with E-state index in [4.69, 9.17) is 0 Å². The van der Waals surface area contributed by atoms with Crippen LogP contribution in [0.25, 0.3) is 0 Å². The Hall–Kier alpha value is -2.69. The normalized spacial score (nSPS) is 10.9. The second kappa shape index (κ2) is 6.39. The topological polar surface area (TPSA) is 58.2 Å². The molecular weight excluding hydrogens is 283 g/mol. The van der Waals surface area contributed by atoms with Crippen LogP contribution in [0.5, 0.6) is 0 Å². The molecule has 0 bridgehead atoms. The number of hydrogen-bond acceptors (Lipinski definition) is 2. The van der Waals surface area contributed by atoms with Gasteiger partial charge in [-0.2, -0.15) is 0 Å². The van der Waals surface area contributed by atoms with Crippen LogP contribution >= 0.6 is 0 Å². The van der Waals surface area contributed by atoms with Crippen LogP contribution in [-0.2, 0) is 10.2 Å². The lowest BCUT2D eigenvalue weighted by Gasteiger charge is -2.24. The molecule has 22 heavy (non-hydrogen) atoms. The largest absolute Gasteiger partial charge is 0.272 e. The fourth-order valence-corrected chi connectivity index (χ4v) is 1.93. The van der Waals surface area contributed by atoms with Crippen molar-refractivity contribution in [1.82, 2.24) is 10.9 Å². The van der Waals surface area contributed by atoms with Gasteiger partial charge in [-0.25, -0.2) is 4.39 Å². The van der Waals surface area contributed by atoms with Crippen molar-refractivity contribution < 1.29 is 14.0 Å². The highest BCUT2D eigenvalue weighted by Gasteiger charge is 2.29. The van der Waals surface area contributed by atoms with E-state index in [2.05, 4.69) is 10.9 Å². The Balaban J connectivity index is 2.00. The Labute approximate surface area is 128 Å². The van der Waals surface area contributed by atoms with Gasteiger partial charge in [0.1, 0.15) is 5.82 Å². The average molecular weight is 300 g/mol. The van der Waals surface area contributed by atoms with Gasteiger partial charge in [-0.15, -0.1) is 0 Å². The summed E-state index contributed by atoms with van der Waals surface area (Å²) in [6.07, 6.45) is 0. The van der Waals surface area contributed by atoms with Gasteiger partial charge in [-0.1, -0.05) is 30.3 Å². The van der Waals surface area contributed by atoms with Gasteiger partial charge in [0, 0.05) is 5.56 Å². The maximum Gasteiger partial charge on any atom is 0.269 e. The predicted molar refractivity (Wildman–Crippen MR) is 81.5 cm³/mol. The first-order valence-corrected chi connectivity index (χ1v) is 6.83. The molecule has 0 saturated carbocycles. The molecule has 0 heterocycles. The van der Waals surface area contributed by atoms with Gasteiger partial charge in [-0.05, 0) is 43.7 Å². The van der Waals surface area contributed by atoms with Crippen molar-refractivity contribution in [2.75, 3.05) is 0 Å². The number of benzene rings is 2.